The van der Waals surface area contributed by atoms with Crippen LogP contribution in [0.3, 0.4) is 0 Å². The Hall–Kier alpha value is -2.95. The molecule has 0 saturated heterocycles. The highest BCUT2D eigenvalue weighted by atomic mass is 19.1. The topological polar surface area (TPSA) is 58.2 Å². The van der Waals surface area contributed by atoms with Crippen LogP contribution in [-0.4, -0.2) is 11.8 Å². The molecule has 0 radical (unpaired) electrons. The van der Waals surface area contributed by atoms with Crippen molar-refractivity contribution in [2.24, 2.45) is 0 Å². The average molecular weight is 352 g/mol. The van der Waals surface area contributed by atoms with Gasteiger partial charge < -0.3 is 10.6 Å². The molecule has 134 valence electrons. The fourth-order valence-electron chi connectivity index (χ4n) is 3.20. The molecule has 1 atom stereocenters. The van der Waals surface area contributed by atoms with Gasteiger partial charge in [-0.1, -0.05) is 24.8 Å². The molecule has 3 rings (SSSR count). The van der Waals surface area contributed by atoms with E-state index in [0.29, 0.717) is 12.1 Å². The Morgan fingerprint density at radius 3 is 2.69 bits per heavy atom. The SMILES string of the molecule is C=CC(=O)NCc1ccc(C(=O)N[C@@H]2CCCc3ccc(F)cc32)cc1. The monoisotopic (exact) mass is 352 g/mol. The first-order valence-electron chi connectivity index (χ1n) is 8.65. The minimum Gasteiger partial charge on any atom is -0.348 e. The normalized spacial score (nSPS) is 15.7. The number of nitrogens with one attached hydrogen (secondary N) is 2. The molecule has 2 N–H and O–H groups in total. The van der Waals surface area contributed by atoms with Gasteiger partial charge in [0.05, 0.1) is 6.04 Å². The van der Waals surface area contributed by atoms with E-state index in [-0.39, 0.29) is 23.7 Å². The van der Waals surface area contributed by atoms with Crippen LogP contribution >= 0.6 is 0 Å². The molecular formula is C21H21FN2O2. The van der Waals surface area contributed by atoms with Crippen molar-refractivity contribution < 1.29 is 14.0 Å². The van der Waals surface area contributed by atoms with Gasteiger partial charge in [0, 0.05) is 12.1 Å². The second kappa shape index (κ2) is 7.95. The van der Waals surface area contributed by atoms with Crippen LogP contribution < -0.4 is 10.6 Å². The summed E-state index contributed by atoms with van der Waals surface area (Å²) < 4.78 is 13.6. The van der Waals surface area contributed by atoms with Gasteiger partial charge in [0.15, 0.2) is 0 Å². The Balaban J connectivity index is 1.66. The van der Waals surface area contributed by atoms with E-state index in [9.17, 15) is 14.0 Å². The summed E-state index contributed by atoms with van der Waals surface area (Å²) in [5, 5.41) is 5.69. The quantitative estimate of drug-likeness (QED) is 0.810. The second-order valence-corrected chi connectivity index (χ2v) is 6.38. The highest BCUT2D eigenvalue weighted by Gasteiger charge is 2.22. The van der Waals surface area contributed by atoms with E-state index in [2.05, 4.69) is 17.2 Å². The molecule has 0 unspecified atom stereocenters. The first kappa shape index (κ1) is 17.9. The van der Waals surface area contributed by atoms with E-state index in [1.54, 1.807) is 30.3 Å². The molecule has 5 heteroatoms. The van der Waals surface area contributed by atoms with E-state index in [0.717, 1.165) is 36.0 Å². The third kappa shape index (κ3) is 4.17. The van der Waals surface area contributed by atoms with Crippen molar-refractivity contribution in [1.29, 1.82) is 0 Å². The first-order valence-corrected chi connectivity index (χ1v) is 8.65. The molecule has 26 heavy (non-hydrogen) atoms. The van der Waals surface area contributed by atoms with Crippen molar-refractivity contribution >= 4 is 11.8 Å². The molecule has 2 amide bonds. The maximum atomic E-state index is 13.6. The maximum Gasteiger partial charge on any atom is 0.251 e. The minimum atomic E-state index is -0.282. The van der Waals surface area contributed by atoms with Crippen molar-refractivity contribution in [3.63, 3.8) is 0 Å². The number of rotatable bonds is 5. The van der Waals surface area contributed by atoms with Crippen LogP contribution in [0.15, 0.2) is 55.1 Å². The number of fused-ring (bicyclic) bond motifs is 1. The summed E-state index contributed by atoms with van der Waals surface area (Å²) in [7, 11) is 0. The summed E-state index contributed by atoms with van der Waals surface area (Å²) in [5.41, 5.74) is 3.39. The van der Waals surface area contributed by atoms with Gasteiger partial charge in [-0.15, -0.1) is 0 Å². The largest absolute Gasteiger partial charge is 0.348 e. The fraction of sp³-hybridized carbons (Fsp3) is 0.238. The standard InChI is InChI=1S/C21H21FN2O2/c1-2-20(25)23-13-14-6-8-16(9-7-14)21(26)24-19-5-3-4-15-10-11-17(22)12-18(15)19/h2,6-12,19H,1,3-5,13H2,(H,23,25)(H,24,26)/t19-/m1/s1. The van der Waals surface area contributed by atoms with Gasteiger partial charge >= 0.3 is 0 Å². The Kier molecular flexibility index (Phi) is 5.46. The van der Waals surface area contributed by atoms with Crippen LogP contribution in [-0.2, 0) is 17.8 Å². The van der Waals surface area contributed by atoms with Gasteiger partial charge in [-0.25, -0.2) is 4.39 Å². The number of carbonyl (C=O) groups is 2. The van der Waals surface area contributed by atoms with Crippen LogP contribution in [0.5, 0.6) is 0 Å². The number of hydrogen-bond donors (Lipinski definition) is 2. The third-order valence-electron chi connectivity index (χ3n) is 4.60. The number of amides is 2. The highest BCUT2D eigenvalue weighted by molar-refractivity contribution is 5.94. The summed E-state index contributed by atoms with van der Waals surface area (Å²) in [6.07, 6.45) is 3.89. The second-order valence-electron chi connectivity index (χ2n) is 6.38. The summed E-state index contributed by atoms with van der Waals surface area (Å²) in [5.74, 6) is -0.709. The zero-order valence-corrected chi connectivity index (χ0v) is 14.4. The molecule has 0 aromatic heterocycles. The molecule has 0 heterocycles. The first-order chi connectivity index (χ1) is 12.6. The summed E-state index contributed by atoms with van der Waals surface area (Å²) >= 11 is 0. The van der Waals surface area contributed by atoms with Crippen molar-refractivity contribution in [2.75, 3.05) is 0 Å². The third-order valence-corrected chi connectivity index (χ3v) is 4.60. The lowest BCUT2D eigenvalue weighted by Crippen LogP contribution is -2.31. The molecule has 1 aliphatic carbocycles. The van der Waals surface area contributed by atoms with Gasteiger partial charge in [0.25, 0.3) is 5.91 Å². The highest BCUT2D eigenvalue weighted by Crippen LogP contribution is 2.30. The van der Waals surface area contributed by atoms with E-state index < -0.39 is 0 Å². The lowest BCUT2D eigenvalue weighted by Gasteiger charge is -2.26. The molecule has 2 aromatic rings. The predicted octanol–water partition coefficient (Wildman–Crippen LogP) is 3.44. The average Bonchev–Trinajstić information content (AvgIpc) is 2.67. The van der Waals surface area contributed by atoms with E-state index in [4.69, 9.17) is 0 Å². The molecule has 4 nitrogen and oxygen atoms in total. The van der Waals surface area contributed by atoms with Gasteiger partial charge in [0.2, 0.25) is 5.91 Å². The van der Waals surface area contributed by atoms with Crippen LogP contribution in [0.2, 0.25) is 0 Å². The molecule has 0 spiro atoms. The minimum absolute atomic E-state index is 0.173. The fourth-order valence-corrected chi connectivity index (χ4v) is 3.20. The summed E-state index contributed by atoms with van der Waals surface area (Å²) in [6.45, 7) is 3.78. The molecule has 0 aliphatic heterocycles. The van der Waals surface area contributed by atoms with Crippen LogP contribution in [0.25, 0.3) is 0 Å². The van der Waals surface area contributed by atoms with Crippen molar-refractivity contribution in [3.05, 3.63) is 83.2 Å². The van der Waals surface area contributed by atoms with Gasteiger partial charge in [-0.05, 0) is 66.3 Å². The van der Waals surface area contributed by atoms with Crippen molar-refractivity contribution in [3.8, 4) is 0 Å². The molecule has 0 fully saturated rings. The van der Waals surface area contributed by atoms with Crippen molar-refractivity contribution in [1.82, 2.24) is 10.6 Å². The zero-order valence-electron chi connectivity index (χ0n) is 14.4. The van der Waals surface area contributed by atoms with E-state index >= 15 is 0 Å². The molecule has 1 aliphatic rings. The van der Waals surface area contributed by atoms with Crippen LogP contribution in [0.1, 0.15) is 45.9 Å². The lowest BCUT2D eigenvalue weighted by atomic mass is 9.87. The van der Waals surface area contributed by atoms with Crippen molar-refractivity contribution in [2.45, 2.75) is 31.8 Å². The Labute approximate surface area is 152 Å². The number of halogens is 1. The van der Waals surface area contributed by atoms with Crippen LogP contribution in [0.4, 0.5) is 4.39 Å². The zero-order chi connectivity index (χ0) is 18.5. The van der Waals surface area contributed by atoms with Gasteiger partial charge in [-0.3, -0.25) is 9.59 Å². The van der Waals surface area contributed by atoms with Crippen LogP contribution in [0, 0.1) is 5.82 Å². The molecular weight excluding hydrogens is 331 g/mol. The number of benzene rings is 2. The number of aryl methyl sites for hydroxylation is 1. The molecule has 2 aromatic carbocycles. The lowest BCUT2D eigenvalue weighted by molar-refractivity contribution is -0.116. The van der Waals surface area contributed by atoms with E-state index in [1.807, 2.05) is 0 Å². The Morgan fingerprint density at radius 2 is 1.96 bits per heavy atom. The molecule has 0 bridgehead atoms. The Bertz CT molecular complexity index is 830. The van der Waals surface area contributed by atoms with Gasteiger partial charge in [0.1, 0.15) is 5.82 Å². The predicted molar refractivity (Wildman–Crippen MR) is 98.0 cm³/mol. The van der Waals surface area contributed by atoms with Gasteiger partial charge in [-0.2, -0.15) is 0 Å². The summed E-state index contributed by atoms with van der Waals surface area (Å²) in [4.78, 5) is 23.7. The maximum absolute atomic E-state index is 13.6. The van der Waals surface area contributed by atoms with E-state index in [1.165, 1.54) is 18.2 Å². The Morgan fingerprint density at radius 1 is 1.19 bits per heavy atom. The summed E-state index contributed by atoms with van der Waals surface area (Å²) in [6, 6.07) is 11.7. The number of hydrogen-bond acceptors (Lipinski definition) is 2. The molecule has 0 saturated carbocycles. The number of carbonyl (C=O) groups excluding carboxylic acids is 2. The smallest absolute Gasteiger partial charge is 0.251 e.